The van der Waals surface area contributed by atoms with Gasteiger partial charge in [0, 0.05) is 25.7 Å². The van der Waals surface area contributed by atoms with Gasteiger partial charge in [-0.25, -0.2) is 0 Å². The number of pyridine rings is 1. The van der Waals surface area contributed by atoms with Gasteiger partial charge < -0.3 is 10.2 Å². The molecule has 1 aromatic carbocycles. The number of nitrogens with zero attached hydrogens (tertiary/aromatic N) is 2. The highest BCUT2D eigenvalue weighted by molar-refractivity contribution is 5.97. The molecule has 0 bridgehead atoms. The molecule has 0 spiro atoms. The number of carbonyl (C=O) groups excluding carboxylic acids is 2. The van der Waals surface area contributed by atoms with E-state index in [1.165, 1.54) is 0 Å². The van der Waals surface area contributed by atoms with Crippen molar-refractivity contribution in [3.8, 4) is 0 Å². The summed E-state index contributed by atoms with van der Waals surface area (Å²) in [5.41, 5.74) is 2.41. The first-order valence-corrected chi connectivity index (χ1v) is 8.77. The third kappa shape index (κ3) is 3.87. The van der Waals surface area contributed by atoms with Crippen LogP contribution in [0.4, 0.5) is 0 Å². The molecule has 1 saturated heterocycles. The summed E-state index contributed by atoms with van der Waals surface area (Å²) < 4.78 is 0. The number of benzene rings is 1. The van der Waals surface area contributed by atoms with E-state index in [0.29, 0.717) is 25.2 Å². The molecule has 5 heteroatoms. The first-order chi connectivity index (χ1) is 12.2. The Morgan fingerprint density at radius 2 is 2.04 bits per heavy atom. The average molecular weight is 337 g/mol. The quantitative estimate of drug-likeness (QED) is 0.930. The molecule has 1 fully saturated rings. The Bertz CT molecular complexity index is 746. The van der Waals surface area contributed by atoms with E-state index in [0.717, 1.165) is 24.0 Å². The summed E-state index contributed by atoms with van der Waals surface area (Å²) in [4.78, 5) is 31.7. The second kappa shape index (κ2) is 7.92. The Balaban J connectivity index is 1.92. The SMILES string of the molecule is CCc1cccnc1C(=O)N1CCCNC(=O)[C@@H]1Cc1ccccc1. The maximum Gasteiger partial charge on any atom is 0.273 e. The third-order valence-electron chi connectivity index (χ3n) is 4.56. The summed E-state index contributed by atoms with van der Waals surface area (Å²) in [7, 11) is 0. The zero-order valence-electron chi connectivity index (χ0n) is 14.4. The van der Waals surface area contributed by atoms with E-state index in [1.54, 1.807) is 11.1 Å². The van der Waals surface area contributed by atoms with Crippen LogP contribution in [0.15, 0.2) is 48.7 Å². The molecular formula is C20H23N3O2. The van der Waals surface area contributed by atoms with Gasteiger partial charge in [-0.15, -0.1) is 0 Å². The second-order valence-corrected chi connectivity index (χ2v) is 6.21. The van der Waals surface area contributed by atoms with Gasteiger partial charge in [-0.2, -0.15) is 0 Å². The van der Waals surface area contributed by atoms with Gasteiger partial charge in [-0.1, -0.05) is 43.3 Å². The van der Waals surface area contributed by atoms with Crippen LogP contribution in [0.2, 0.25) is 0 Å². The van der Waals surface area contributed by atoms with Gasteiger partial charge in [-0.05, 0) is 30.0 Å². The van der Waals surface area contributed by atoms with Gasteiger partial charge in [-0.3, -0.25) is 14.6 Å². The number of hydrogen-bond donors (Lipinski definition) is 1. The van der Waals surface area contributed by atoms with Crippen molar-refractivity contribution < 1.29 is 9.59 Å². The van der Waals surface area contributed by atoms with E-state index in [4.69, 9.17) is 0 Å². The highest BCUT2D eigenvalue weighted by Crippen LogP contribution is 2.17. The van der Waals surface area contributed by atoms with Crippen molar-refractivity contribution >= 4 is 11.8 Å². The molecule has 0 saturated carbocycles. The highest BCUT2D eigenvalue weighted by atomic mass is 16.2. The van der Waals surface area contributed by atoms with Crippen molar-refractivity contribution in [3.63, 3.8) is 0 Å². The minimum Gasteiger partial charge on any atom is -0.354 e. The zero-order chi connectivity index (χ0) is 17.6. The Labute approximate surface area is 148 Å². The molecular weight excluding hydrogens is 314 g/mol. The highest BCUT2D eigenvalue weighted by Gasteiger charge is 2.33. The first-order valence-electron chi connectivity index (χ1n) is 8.77. The van der Waals surface area contributed by atoms with Gasteiger partial charge in [0.2, 0.25) is 5.91 Å². The molecule has 1 aliphatic heterocycles. The van der Waals surface area contributed by atoms with Gasteiger partial charge >= 0.3 is 0 Å². The first kappa shape index (κ1) is 17.1. The molecule has 5 nitrogen and oxygen atoms in total. The van der Waals surface area contributed by atoms with Crippen LogP contribution in [0, 0.1) is 0 Å². The Kier molecular flexibility index (Phi) is 5.43. The standard InChI is InChI=1S/C20H23N3O2/c1-2-16-10-6-11-21-18(16)20(25)23-13-7-12-22-19(24)17(23)14-15-8-4-3-5-9-15/h3-6,8-11,17H,2,7,12-14H2,1H3,(H,22,24)/t17-/m0/s1. The summed E-state index contributed by atoms with van der Waals surface area (Å²) in [5, 5.41) is 2.93. The molecule has 0 aliphatic carbocycles. The number of aryl methyl sites for hydroxylation is 1. The van der Waals surface area contributed by atoms with E-state index in [2.05, 4.69) is 10.3 Å². The molecule has 0 unspecified atom stereocenters. The molecule has 2 amide bonds. The van der Waals surface area contributed by atoms with Crippen molar-refractivity contribution in [2.45, 2.75) is 32.2 Å². The number of nitrogens with one attached hydrogen (secondary N) is 1. The topological polar surface area (TPSA) is 62.3 Å². The Morgan fingerprint density at radius 1 is 1.24 bits per heavy atom. The largest absolute Gasteiger partial charge is 0.354 e. The van der Waals surface area contributed by atoms with Crippen LogP contribution in [-0.4, -0.2) is 40.8 Å². The molecule has 1 atom stereocenters. The fraction of sp³-hybridized carbons (Fsp3) is 0.350. The lowest BCUT2D eigenvalue weighted by Crippen LogP contribution is -2.48. The number of aromatic nitrogens is 1. The summed E-state index contributed by atoms with van der Waals surface area (Å²) in [6.07, 6.45) is 3.62. The van der Waals surface area contributed by atoms with E-state index >= 15 is 0 Å². The maximum atomic E-state index is 13.2. The van der Waals surface area contributed by atoms with Gasteiger partial charge in [0.05, 0.1) is 0 Å². The number of amides is 2. The Hall–Kier alpha value is -2.69. The van der Waals surface area contributed by atoms with Crippen LogP contribution in [0.25, 0.3) is 0 Å². The fourth-order valence-corrected chi connectivity index (χ4v) is 3.21. The molecule has 130 valence electrons. The van der Waals surface area contributed by atoms with Crippen LogP contribution in [-0.2, 0) is 17.6 Å². The van der Waals surface area contributed by atoms with E-state index in [-0.39, 0.29) is 11.8 Å². The van der Waals surface area contributed by atoms with Crippen molar-refractivity contribution in [2.24, 2.45) is 0 Å². The van der Waals surface area contributed by atoms with Crippen LogP contribution >= 0.6 is 0 Å². The molecule has 25 heavy (non-hydrogen) atoms. The molecule has 1 aromatic heterocycles. The van der Waals surface area contributed by atoms with Crippen LogP contribution in [0.1, 0.15) is 35.0 Å². The molecule has 3 rings (SSSR count). The predicted molar refractivity (Wildman–Crippen MR) is 96.2 cm³/mol. The fourth-order valence-electron chi connectivity index (χ4n) is 3.21. The third-order valence-corrected chi connectivity index (χ3v) is 4.56. The van der Waals surface area contributed by atoms with Crippen molar-refractivity contribution in [3.05, 3.63) is 65.5 Å². The van der Waals surface area contributed by atoms with Crippen molar-refractivity contribution in [1.82, 2.24) is 15.2 Å². The second-order valence-electron chi connectivity index (χ2n) is 6.21. The summed E-state index contributed by atoms with van der Waals surface area (Å²) in [6.45, 7) is 3.15. The van der Waals surface area contributed by atoms with Gasteiger partial charge in [0.1, 0.15) is 11.7 Å². The van der Waals surface area contributed by atoms with E-state index in [9.17, 15) is 9.59 Å². The summed E-state index contributed by atoms with van der Waals surface area (Å²) in [6, 6.07) is 13.1. The van der Waals surface area contributed by atoms with Gasteiger partial charge in [0.25, 0.3) is 5.91 Å². The summed E-state index contributed by atoms with van der Waals surface area (Å²) in [5.74, 6) is -0.251. The van der Waals surface area contributed by atoms with Crippen molar-refractivity contribution in [1.29, 1.82) is 0 Å². The minimum absolute atomic E-state index is 0.0938. The molecule has 2 aromatic rings. The number of hydrogen-bond acceptors (Lipinski definition) is 3. The zero-order valence-corrected chi connectivity index (χ0v) is 14.4. The maximum absolute atomic E-state index is 13.2. The summed E-state index contributed by atoms with van der Waals surface area (Å²) >= 11 is 0. The normalized spacial score (nSPS) is 17.7. The predicted octanol–water partition coefficient (Wildman–Crippen LogP) is 2.22. The number of carbonyl (C=O) groups is 2. The van der Waals surface area contributed by atoms with Crippen molar-refractivity contribution in [2.75, 3.05) is 13.1 Å². The van der Waals surface area contributed by atoms with Crippen LogP contribution < -0.4 is 5.32 Å². The molecule has 1 N–H and O–H groups in total. The number of rotatable bonds is 4. The molecule has 1 aliphatic rings. The lowest BCUT2D eigenvalue weighted by Gasteiger charge is -2.29. The minimum atomic E-state index is -0.510. The van der Waals surface area contributed by atoms with E-state index < -0.39 is 6.04 Å². The monoisotopic (exact) mass is 337 g/mol. The van der Waals surface area contributed by atoms with Crippen LogP contribution in [0.3, 0.4) is 0 Å². The van der Waals surface area contributed by atoms with E-state index in [1.807, 2.05) is 49.4 Å². The molecule has 2 heterocycles. The lowest BCUT2D eigenvalue weighted by atomic mass is 10.0. The van der Waals surface area contributed by atoms with Gasteiger partial charge in [0.15, 0.2) is 0 Å². The smallest absolute Gasteiger partial charge is 0.273 e. The average Bonchev–Trinajstić information content (AvgIpc) is 2.84. The lowest BCUT2D eigenvalue weighted by molar-refractivity contribution is -0.124. The Morgan fingerprint density at radius 3 is 2.80 bits per heavy atom. The van der Waals surface area contributed by atoms with Crippen LogP contribution in [0.5, 0.6) is 0 Å². The molecule has 0 radical (unpaired) electrons.